The Morgan fingerprint density at radius 1 is 1.21 bits per heavy atom. The average Bonchev–Trinajstić information content (AvgIpc) is 3.34. The number of nitrogens with zero attached hydrogens (tertiary/aromatic N) is 2. The molecule has 1 N–H and O–H groups in total. The van der Waals surface area contributed by atoms with Gasteiger partial charge in [0.2, 0.25) is 5.78 Å². The van der Waals surface area contributed by atoms with Crippen molar-refractivity contribution in [2.75, 3.05) is 26.2 Å². The van der Waals surface area contributed by atoms with E-state index in [-0.39, 0.29) is 11.4 Å². The lowest BCUT2D eigenvalue weighted by atomic mass is 9.95. The summed E-state index contributed by atoms with van der Waals surface area (Å²) in [5, 5.41) is 12.5. The quantitative estimate of drug-likeness (QED) is 0.383. The molecule has 1 unspecified atom stereocenters. The molecule has 154 valence electrons. The van der Waals surface area contributed by atoms with E-state index in [9.17, 15) is 14.7 Å². The molecule has 1 atom stereocenters. The average molecular weight is 524 g/mol. The van der Waals surface area contributed by atoms with Crippen LogP contribution in [0.3, 0.4) is 0 Å². The van der Waals surface area contributed by atoms with E-state index in [2.05, 4.69) is 41.3 Å². The molecule has 7 heteroatoms. The maximum Gasteiger partial charge on any atom is 0.290 e. The number of carbonyl (C=O) groups excluding carboxylic acids is 2. The first kappa shape index (κ1) is 22.0. The Morgan fingerprint density at radius 3 is 2.48 bits per heavy atom. The number of ketones is 1. The number of aliphatic hydroxyl groups is 1. The number of thiophene rings is 1. The van der Waals surface area contributed by atoms with Crippen molar-refractivity contribution in [2.24, 2.45) is 0 Å². The van der Waals surface area contributed by atoms with Crippen molar-refractivity contribution < 1.29 is 14.7 Å². The number of aliphatic hydroxyl groups excluding tert-OH is 1. The molecule has 1 aliphatic heterocycles. The number of Topliss-reactive ketones (excluding diaryl/α,β-unsaturated/α-hetero) is 1. The van der Waals surface area contributed by atoms with Crippen LogP contribution >= 0.6 is 33.9 Å². The Labute approximate surface area is 189 Å². The molecule has 29 heavy (non-hydrogen) atoms. The van der Waals surface area contributed by atoms with Crippen LogP contribution in [-0.2, 0) is 4.79 Å². The van der Waals surface area contributed by atoms with Crippen LogP contribution in [0.5, 0.6) is 0 Å². The van der Waals surface area contributed by atoms with E-state index >= 15 is 0 Å². The van der Waals surface area contributed by atoms with Crippen LogP contribution in [-0.4, -0.2) is 52.8 Å². The van der Waals surface area contributed by atoms with Gasteiger partial charge >= 0.3 is 0 Å². The topological polar surface area (TPSA) is 60.9 Å². The Hall–Kier alpha value is -1.71. The van der Waals surface area contributed by atoms with E-state index in [1.807, 2.05) is 29.6 Å². The summed E-state index contributed by atoms with van der Waals surface area (Å²) in [6.07, 6.45) is 0.780. The fourth-order valence-corrected chi connectivity index (χ4v) is 4.69. The van der Waals surface area contributed by atoms with Gasteiger partial charge in [0.25, 0.3) is 5.91 Å². The van der Waals surface area contributed by atoms with Gasteiger partial charge < -0.3 is 14.9 Å². The van der Waals surface area contributed by atoms with E-state index < -0.39 is 17.7 Å². The van der Waals surface area contributed by atoms with Crippen LogP contribution in [0, 0.1) is 3.57 Å². The molecule has 5 nitrogen and oxygen atoms in total. The minimum atomic E-state index is -0.564. The van der Waals surface area contributed by atoms with Crippen molar-refractivity contribution >= 4 is 45.6 Å². The summed E-state index contributed by atoms with van der Waals surface area (Å²) in [7, 11) is 0. The minimum absolute atomic E-state index is 0.182. The first-order chi connectivity index (χ1) is 14.0. The molecule has 0 aliphatic carbocycles. The number of hydrogen-bond donors (Lipinski definition) is 1. The predicted molar refractivity (Wildman–Crippen MR) is 124 cm³/mol. The van der Waals surface area contributed by atoms with Gasteiger partial charge in [-0.05, 0) is 77.8 Å². The van der Waals surface area contributed by atoms with Crippen molar-refractivity contribution in [3.63, 3.8) is 0 Å². The number of hydrogen-bond acceptors (Lipinski definition) is 5. The summed E-state index contributed by atoms with van der Waals surface area (Å²) in [6, 6.07) is 10.7. The fraction of sp³-hybridized carbons (Fsp3) is 0.364. The lowest BCUT2D eigenvalue weighted by molar-refractivity contribution is -0.129. The van der Waals surface area contributed by atoms with Gasteiger partial charge in [0, 0.05) is 10.1 Å². The van der Waals surface area contributed by atoms with Crippen LogP contribution in [0.4, 0.5) is 0 Å². The highest BCUT2D eigenvalue weighted by Gasteiger charge is 2.43. The summed E-state index contributed by atoms with van der Waals surface area (Å²) in [4.78, 5) is 30.5. The Kier molecular flexibility index (Phi) is 7.48. The summed E-state index contributed by atoms with van der Waals surface area (Å²) in [5.41, 5.74) is 1.02. The van der Waals surface area contributed by atoms with Gasteiger partial charge in [-0.15, -0.1) is 11.3 Å². The third kappa shape index (κ3) is 4.73. The van der Waals surface area contributed by atoms with E-state index in [0.29, 0.717) is 11.4 Å². The van der Waals surface area contributed by atoms with Crippen molar-refractivity contribution in [3.05, 3.63) is 67.1 Å². The van der Waals surface area contributed by atoms with Crippen molar-refractivity contribution in [1.82, 2.24) is 9.80 Å². The van der Waals surface area contributed by atoms with E-state index in [1.54, 1.807) is 17.0 Å². The zero-order chi connectivity index (χ0) is 21.0. The van der Waals surface area contributed by atoms with E-state index in [1.165, 1.54) is 11.3 Å². The lowest BCUT2D eigenvalue weighted by Gasteiger charge is -2.28. The maximum absolute atomic E-state index is 13.1. The lowest BCUT2D eigenvalue weighted by Crippen LogP contribution is -2.34. The molecule has 1 aliphatic rings. The van der Waals surface area contributed by atoms with Crippen LogP contribution in [0.1, 0.15) is 41.5 Å². The standard InChI is InChI=1S/C22H25IN2O3S/c1-3-24(4-2)12-6-13-25-19(15-8-10-16(23)11-9-15)18(21(27)22(25)28)20(26)17-7-5-14-29-17/h5,7-11,14,19,27H,3-4,6,12-13H2,1-2H3. The van der Waals surface area contributed by atoms with Crippen LogP contribution in [0.25, 0.3) is 0 Å². The molecule has 0 saturated carbocycles. The Bertz CT molecular complexity index is 889. The number of amides is 1. The first-order valence-electron chi connectivity index (χ1n) is 9.78. The summed E-state index contributed by atoms with van der Waals surface area (Å²) in [5.74, 6) is -1.16. The van der Waals surface area contributed by atoms with Gasteiger partial charge in [0.1, 0.15) is 0 Å². The summed E-state index contributed by atoms with van der Waals surface area (Å²) in [6.45, 7) is 7.49. The van der Waals surface area contributed by atoms with Crippen LogP contribution in [0.15, 0.2) is 53.1 Å². The van der Waals surface area contributed by atoms with Crippen LogP contribution < -0.4 is 0 Å². The molecule has 0 saturated heterocycles. The van der Waals surface area contributed by atoms with E-state index in [0.717, 1.165) is 35.2 Å². The zero-order valence-electron chi connectivity index (χ0n) is 16.6. The second-order valence-corrected chi connectivity index (χ2v) is 9.10. The normalized spacial score (nSPS) is 16.9. The Balaban J connectivity index is 1.92. The molecule has 0 spiro atoms. The molecule has 0 fully saturated rings. The third-order valence-corrected chi connectivity index (χ3v) is 6.83. The maximum atomic E-state index is 13.1. The summed E-state index contributed by atoms with van der Waals surface area (Å²) >= 11 is 3.54. The third-order valence-electron chi connectivity index (χ3n) is 5.25. The molecule has 0 bridgehead atoms. The van der Waals surface area contributed by atoms with Crippen molar-refractivity contribution in [2.45, 2.75) is 26.3 Å². The fourth-order valence-electron chi connectivity index (χ4n) is 3.65. The highest BCUT2D eigenvalue weighted by Crippen LogP contribution is 2.39. The van der Waals surface area contributed by atoms with Crippen LogP contribution in [0.2, 0.25) is 0 Å². The largest absolute Gasteiger partial charge is 0.503 e. The first-order valence-corrected chi connectivity index (χ1v) is 11.7. The second-order valence-electron chi connectivity index (χ2n) is 6.90. The van der Waals surface area contributed by atoms with Gasteiger partial charge in [0.15, 0.2) is 5.76 Å². The van der Waals surface area contributed by atoms with E-state index in [4.69, 9.17) is 0 Å². The van der Waals surface area contributed by atoms with Crippen molar-refractivity contribution in [3.8, 4) is 0 Å². The number of halogens is 1. The van der Waals surface area contributed by atoms with Crippen molar-refractivity contribution in [1.29, 1.82) is 0 Å². The molecule has 1 amide bonds. The molecular weight excluding hydrogens is 499 g/mol. The predicted octanol–water partition coefficient (Wildman–Crippen LogP) is 4.66. The SMILES string of the molecule is CCN(CC)CCCN1C(=O)C(O)=C(C(=O)c2cccs2)C1c1ccc(I)cc1. The molecular formula is C22H25IN2O3S. The minimum Gasteiger partial charge on any atom is -0.503 e. The monoisotopic (exact) mass is 524 g/mol. The second kappa shape index (κ2) is 9.86. The molecule has 2 aromatic rings. The number of benzene rings is 1. The molecule has 1 aromatic carbocycles. The molecule has 1 aromatic heterocycles. The smallest absolute Gasteiger partial charge is 0.290 e. The molecule has 2 heterocycles. The van der Waals surface area contributed by atoms with Gasteiger partial charge in [-0.1, -0.05) is 32.0 Å². The van der Waals surface area contributed by atoms with Gasteiger partial charge in [-0.2, -0.15) is 0 Å². The molecule has 3 rings (SSSR count). The Morgan fingerprint density at radius 2 is 1.90 bits per heavy atom. The number of carbonyl (C=O) groups is 2. The highest BCUT2D eigenvalue weighted by atomic mass is 127. The van der Waals surface area contributed by atoms with Gasteiger partial charge in [0.05, 0.1) is 16.5 Å². The summed E-state index contributed by atoms with van der Waals surface area (Å²) < 4.78 is 1.07. The highest BCUT2D eigenvalue weighted by molar-refractivity contribution is 14.1. The van der Waals surface area contributed by atoms with Gasteiger partial charge in [-0.25, -0.2) is 0 Å². The number of rotatable bonds is 9. The molecule has 0 radical (unpaired) electrons. The van der Waals surface area contributed by atoms with Gasteiger partial charge in [-0.3, -0.25) is 9.59 Å². The zero-order valence-corrected chi connectivity index (χ0v) is 19.6.